The second-order valence-electron chi connectivity index (χ2n) is 4.52. The number of hydrogen-bond donors (Lipinski definition) is 2. The number of nitrogens with one attached hydrogen (secondary N) is 1. The fourth-order valence-corrected chi connectivity index (χ4v) is 1.53. The average Bonchev–Trinajstić information content (AvgIpc) is 2.92. The minimum absolute atomic E-state index is 0.0801. The van der Waals surface area contributed by atoms with Gasteiger partial charge in [-0.1, -0.05) is 6.92 Å². The van der Waals surface area contributed by atoms with Crippen LogP contribution in [0.15, 0.2) is 36.9 Å². The summed E-state index contributed by atoms with van der Waals surface area (Å²) in [7, 11) is 0. The number of carbonyl (C=O) groups excluding carboxylic acids is 1. The molecular formula is C13H17N5O. The van der Waals surface area contributed by atoms with E-state index in [1.165, 1.54) is 6.33 Å². The zero-order chi connectivity index (χ0) is 13.8. The van der Waals surface area contributed by atoms with Crippen molar-refractivity contribution in [3.8, 4) is 5.69 Å². The van der Waals surface area contributed by atoms with Crippen LogP contribution in [-0.2, 0) is 4.79 Å². The average molecular weight is 259 g/mol. The summed E-state index contributed by atoms with van der Waals surface area (Å²) in [5.74, 6) is -0.307. The Morgan fingerprint density at radius 3 is 2.53 bits per heavy atom. The number of rotatable bonds is 4. The molecule has 0 aliphatic carbocycles. The van der Waals surface area contributed by atoms with E-state index in [2.05, 4.69) is 15.4 Å². The molecule has 100 valence electrons. The molecule has 0 fully saturated rings. The number of carbonyl (C=O) groups is 1. The van der Waals surface area contributed by atoms with Gasteiger partial charge < -0.3 is 11.1 Å². The predicted octanol–water partition coefficient (Wildman–Crippen LogP) is 1.19. The van der Waals surface area contributed by atoms with E-state index in [0.29, 0.717) is 0 Å². The number of aromatic nitrogens is 3. The molecule has 1 heterocycles. The molecule has 1 aromatic carbocycles. The summed E-state index contributed by atoms with van der Waals surface area (Å²) in [5.41, 5.74) is 7.32. The van der Waals surface area contributed by atoms with Crippen LogP contribution in [0.3, 0.4) is 0 Å². The third-order valence-corrected chi connectivity index (χ3v) is 3.02. The van der Waals surface area contributed by atoms with Gasteiger partial charge in [-0.2, -0.15) is 5.10 Å². The standard InChI is InChI=1S/C13H17N5O/c1-9(10(2)14)13(19)17-11-3-5-12(6-4-11)18-8-15-7-16-18/h3-10H,14H2,1-2H3,(H,17,19). The number of benzene rings is 1. The highest BCUT2D eigenvalue weighted by atomic mass is 16.1. The van der Waals surface area contributed by atoms with Crippen LogP contribution in [-0.4, -0.2) is 26.7 Å². The van der Waals surface area contributed by atoms with E-state index < -0.39 is 0 Å². The Morgan fingerprint density at radius 1 is 1.32 bits per heavy atom. The lowest BCUT2D eigenvalue weighted by atomic mass is 10.0. The van der Waals surface area contributed by atoms with Crippen LogP contribution in [0, 0.1) is 5.92 Å². The van der Waals surface area contributed by atoms with Gasteiger partial charge in [0.2, 0.25) is 5.91 Å². The van der Waals surface area contributed by atoms with Gasteiger partial charge in [-0.15, -0.1) is 0 Å². The van der Waals surface area contributed by atoms with E-state index in [0.717, 1.165) is 11.4 Å². The van der Waals surface area contributed by atoms with Gasteiger partial charge in [-0.3, -0.25) is 4.79 Å². The van der Waals surface area contributed by atoms with Gasteiger partial charge in [0, 0.05) is 11.7 Å². The molecule has 2 unspecified atom stereocenters. The van der Waals surface area contributed by atoms with Gasteiger partial charge in [0.1, 0.15) is 12.7 Å². The molecule has 0 aliphatic rings. The molecule has 2 aromatic rings. The largest absolute Gasteiger partial charge is 0.327 e. The van der Waals surface area contributed by atoms with Crippen molar-refractivity contribution in [3.05, 3.63) is 36.9 Å². The lowest BCUT2D eigenvalue weighted by molar-refractivity contribution is -0.119. The third kappa shape index (κ3) is 3.17. The molecule has 1 aromatic heterocycles. The second-order valence-corrected chi connectivity index (χ2v) is 4.52. The Labute approximate surface area is 111 Å². The third-order valence-electron chi connectivity index (χ3n) is 3.02. The van der Waals surface area contributed by atoms with Gasteiger partial charge in [0.15, 0.2) is 0 Å². The molecule has 3 N–H and O–H groups in total. The smallest absolute Gasteiger partial charge is 0.228 e. The van der Waals surface area contributed by atoms with Crippen molar-refractivity contribution >= 4 is 11.6 Å². The summed E-state index contributed by atoms with van der Waals surface area (Å²) < 4.78 is 1.65. The molecule has 6 heteroatoms. The summed E-state index contributed by atoms with van der Waals surface area (Å²) in [6, 6.07) is 7.20. The monoisotopic (exact) mass is 259 g/mol. The molecule has 0 radical (unpaired) electrons. The van der Waals surface area contributed by atoms with Crippen LogP contribution >= 0.6 is 0 Å². The Bertz CT molecular complexity index is 533. The summed E-state index contributed by atoms with van der Waals surface area (Å²) in [6.07, 6.45) is 3.09. The lowest BCUT2D eigenvalue weighted by Crippen LogP contribution is -2.34. The number of amides is 1. The van der Waals surface area contributed by atoms with Crippen molar-refractivity contribution in [2.45, 2.75) is 19.9 Å². The molecule has 0 spiro atoms. The first-order valence-corrected chi connectivity index (χ1v) is 6.09. The number of nitrogens with zero attached hydrogens (tertiary/aromatic N) is 3. The van der Waals surface area contributed by atoms with Crippen molar-refractivity contribution in [2.24, 2.45) is 11.7 Å². The summed E-state index contributed by atoms with van der Waals surface area (Å²) in [6.45, 7) is 3.63. The Balaban J connectivity index is 2.05. The SMILES string of the molecule is CC(N)C(C)C(=O)Nc1ccc(-n2cncn2)cc1. The van der Waals surface area contributed by atoms with Crippen molar-refractivity contribution in [1.82, 2.24) is 14.8 Å². The van der Waals surface area contributed by atoms with Crippen molar-refractivity contribution in [2.75, 3.05) is 5.32 Å². The Morgan fingerprint density at radius 2 is 2.00 bits per heavy atom. The number of hydrogen-bond acceptors (Lipinski definition) is 4. The summed E-state index contributed by atoms with van der Waals surface area (Å²) >= 11 is 0. The van der Waals surface area contributed by atoms with Crippen LogP contribution in [0.4, 0.5) is 5.69 Å². The molecular weight excluding hydrogens is 242 g/mol. The van der Waals surface area contributed by atoms with Crippen molar-refractivity contribution in [3.63, 3.8) is 0 Å². The van der Waals surface area contributed by atoms with E-state index in [1.807, 2.05) is 38.1 Å². The van der Waals surface area contributed by atoms with Gasteiger partial charge in [0.05, 0.1) is 11.6 Å². The second kappa shape index (κ2) is 5.62. The van der Waals surface area contributed by atoms with Crippen LogP contribution < -0.4 is 11.1 Å². The zero-order valence-corrected chi connectivity index (χ0v) is 10.9. The predicted molar refractivity (Wildman–Crippen MR) is 72.8 cm³/mol. The Kier molecular flexibility index (Phi) is 3.91. The fourth-order valence-electron chi connectivity index (χ4n) is 1.53. The van der Waals surface area contributed by atoms with Gasteiger partial charge >= 0.3 is 0 Å². The fraction of sp³-hybridized carbons (Fsp3) is 0.308. The maximum Gasteiger partial charge on any atom is 0.228 e. The number of nitrogens with two attached hydrogens (primary N) is 1. The first-order valence-electron chi connectivity index (χ1n) is 6.09. The molecule has 1 amide bonds. The van der Waals surface area contributed by atoms with Crippen LogP contribution in [0.5, 0.6) is 0 Å². The highest BCUT2D eigenvalue weighted by molar-refractivity contribution is 5.92. The lowest BCUT2D eigenvalue weighted by Gasteiger charge is -2.15. The zero-order valence-electron chi connectivity index (χ0n) is 10.9. The van der Waals surface area contributed by atoms with Gasteiger partial charge in [-0.25, -0.2) is 9.67 Å². The molecule has 0 bridgehead atoms. The molecule has 0 aliphatic heterocycles. The molecule has 19 heavy (non-hydrogen) atoms. The van der Waals surface area contributed by atoms with E-state index in [9.17, 15) is 4.79 Å². The molecule has 6 nitrogen and oxygen atoms in total. The van der Waals surface area contributed by atoms with E-state index in [4.69, 9.17) is 5.73 Å². The molecule has 0 saturated carbocycles. The number of anilines is 1. The van der Waals surface area contributed by atoms with E-state index in [1.54, 1.807) is 11.0 Å². The van der Waals surface area contributed by atoms with Crippen molar-refractivity contribution in [1.29, 1.82) is 0 Å². The maximum atomic E-state index is 11.8. The molecule has 2 atom stereocenters. The highest BCUT2D eigenvalue weighted by Gasteiger charge is 2.16. The minimum atomic E-state index is -0.227. The quantitative estimate of drug-likeness (QED) is 0.863. The normalized spacial score (nSPS) is 13.8. The Hall–Kier alpha value is -2.21. The van der Waals surface area contributed by atoms with Gasteiger partial charge in [-0.05, 0) is 31.2 Å². The maximum absolute atomic E-state index is 11.8. The highest BCUT2D eigenvalue weighted by Crippen LogP contribution is 2.13. The van der Waals surface area contributed by atoms with Crippen LogP contribution in [0.2, 0.25) is 0 Å². The first-order chi connectivity index (χ1) is 9.08. The minimum Gasteiger partial charge on any atom is -0.327 e. The van der Waals surface area contributed by atoms with E-state index >= 15 is 0 Å². The van der Waals surface area contributed by atoms with Gasteiger partial charge in [0.25, 0.3) is 0 Å². The summed E-state index contributed by atoms with van der Waals surface area (Å²) in [5, 5.41) is 6.86. The summed E-state index contributed by atoms with van der Waals surface area (Å²) in [4.78, 5) is 15.7. The van der Waals surface area contributed by atoms with Crippen LogP contribution in [0.1, 0.15) is 13.8 Å². The molecule has 0 saturated heterocycles. The van der Waals surface area contributed by atoms with E-state index in [-0.39, 0.29) is 17.9 Å². The first kappa shape index (κ1) is 13.2. The van der Waals surface area contributed by atoms with Crippen molar-refractivity contribution < 1.29 is 4.79 Å². The topological polar surface area (TPSA) is 85.8 Å². The van der Waals surface area contributed by atoms with Crippen LogP contribution in [0.25, 0.3) is 5.69 Å². The molecule has 2 rings (SSSR count).